The summed E-state index contributed by atoms with van der Waals surface area (Å²) < 4.78 is 37.2. The highest BCUT2D eigenvalue weighted by Crippen LogP contribution is 2.28. The highest BCUT2D eigenvalue weighted by Gasteiger charge is 2.43. The van der Waals surface area contributed by atoms with Crippen molar-refractivity contribution in [3.8, 4) is 0 Å². The Balaban J connectivity index is 2.13. The first-order valence-electron chi connectivity index (χ1n) is 5.98. The number of rotatable bonds is 2. The van der Waals surface area contributed by atoms with Gasteiger partial charge in [-0.2, -0.15) is 13.2 Å². The maximum absolute atomic E-state index is 12.4. The second kappa shape index (κ2) is 4.99. The fourth-order valence-corrected chi connectivity index (χ4v) is 2.03. The Morgan fingerprint density at radius 3 is 2.48 bits per heavy atom. The van der Waals surface area contributed by atoms with Crippen LogP contribution >= 0.6 is 0 Å². The van der Waals surface area contributed by atoms with E-state index in [1.807, 2.05) is 0 Å². The third-order valence-electron chi connectivity index (χ3n) is 3.32. The first-order valence-corrected chi connectivity index (χ1v) is 5.98. The summed E-state index contributed by atoms with van der Waals surface area (Å²) in [5, 5.41) is 8.96. The van der Waals surface area contributed by atoms with E-state index in [4.69, 9.17) is 10.8 Å². The van der Waals surface area contributed by atoms with Crippen LogP contribution in [0.4, 0.5) is 13.2 Å². The molecule has 0 aromatic carbocycles. The summed E-state index contributed by atoms with van der Waals surface area (Å²) in [6, 6.07) is 1.71. The van der Waals surface area contributed by atoms with Crippen LogP contribution in [0.2, 0.25) is 0 Å². The lowest BCUT2D eigenvalue weighted by atomic mass is 10.0. The lowest BCUT2D eigenvalue weighted by Crippen LogP contribution is -2.50. The van der Waals surface area contributed by atoms with Gasteiger partial charge in [-0.15, -0.1) is 0 Å². The smallest absolute Gasteiger partial charge is 0.417 e. The lowest BCUT2D eigenvalue weighted by Gasteiger charge is -2.19. The fourth-order valence-electron chi connectivity index (χ4n) is 2.03. The molecule has 1 aromatic rings. The standard InChI is InChI=1S/C12H12F3N3O3/c13-12(14,15)7-1-2-8(17-5-7)9(19)18-4-3-11(16,6-18)10(20)21/h1-2,5H,3-4,6,16H2,(H,20,21). The number of carbonyl (C=O) groups excluding carboxylic acids is 1. The number of pyridine rings is 1. The van der Waals surface area contributed by atoms with Gasteiger partial charge in [-0.05, 0) is 18.6 Å². The number of carbonyl (C=O) groups is 2. The molecule has 2 heterocycles. The highest BCUT2D eigenvalue weighted by molar-refractivity contribution is 5.93. The number of carboxylic acids is 1. The monoisotopic (exact) mass is 303 g/mol. The van der Waals surface area contributed by atoms with Gasteiger partial charge in [-0.1, -0.05) is 0 Å². The van der Waals surface area contributed by atoms with E-state index in [0.717, 1.165) is 12.1 Å². The van der Waals surface area contributed by atoms with Gasteiger partial charge in [-0.25, -0.2) is 0 Å². The summed E-state index contributed by atoms with van der Waals surface area (Å²) in [6.45, 7) is -0.0891. The van der Waals surface area contributed by atoms with Crippen molar-refractivity contribution in [1.82, 2.24) is 9.88 Å². The minimum atomic E-state index is -4.53. The van der Waals surface area contributed by atoms with Gasteiger partial charge >= 0.3 is 12.1 Å². The van der Waals surface area contributed by atoms with Gasteiger partial charge in [-0.3, -0.25) is 14.6 Å². The van der Waals surface area contributed by atoms with Gasteiger partial charge in [0.2, 0.25) is 0 Å². The molecule has 9 heteroatoms. The van der Waals surface area contributed by atoms with E-state index in [1.54, 1.807) is 0 Å². The summed E-state index contributed by atoms with van der Waals surface area (Å²) in [4.78, 5) is 27.7. The van der Waals surface area contributed by atoms with Gasteiger partial charge in [0.15, 0.2) is 0 Å². The lowest BCUT2D eigenvalue weighted by molar-refractivity contribution is -0.142. The molecule has 0 spiro atoms. The van der Waals surface area contributed by atoms with Gasteiger partial charge in [0, 0.05) is 19.3 Å². The van der Waals surface area contributed by atoms with Crippen LogP contribution < -0.4 is 5.73 Å². The van der Waals surface area contributed by atoms with E-state index in [0.29, 0.717) is 6.20 Å². The fraction of sp³-hybridized carbons (Fsp3) is 0.417. The normalized spacial score (nSPS) is 22.4. The molecule has 1 fully saturated rings. The summed E-state index contributed by atoms with van der Waals surface area (Å²) in [5.74, 6) is -1.87. The van der Waals surface area contributed by atoms with E-state index < -0.39 is 29.2 Å². The van der Waals surface area contributed by atoms with Crippen molar-refractivity contribution in [1.29, 1.82) is 0 Å². The zero-order valence-electron chi connectivity index (χ0n) is 10.7. The van der Waals surface area contributed by atoms with Gasteiger partial charge in [0.05, 0.1) is 5.56 Å². The van der Waals surface area contributed by atoms with E-state index in [2.05, 4.69) is 4.98 Å². The molecule has 1 amide bonds. The van der Waals surface area contributed by atoms with E-state index in [1.165, 1.54) is 4.90 Å². The number of carboxylic acid groups (broad SMARTS) is 1. The molecule has 1 aliphatic heterocycles. The molecule has 21 heavy (non-hydrogen) atoms. The zero-order valence-corrected chi connectivity index (χ0v) is 10.7. The number of hydrogen-bond acceptors (Lipinski definition) is 4. The van der Waals surface area contributed by atoms with Gasteiger partial charge < -0.3 is 15.7 Å². The van der Waals surface area contributed by atoms with Crippen LogP contribution in [0, 0.1) is 0 Å². The van der Waals surface area contributed by atoms with Crippen LogP contribution in [-0.4, -0.2) is 45.5 Å². The molecular weight excluding hydrogens is 291 g/mol. The molecule has 6 nitrogen and oxygen atoms in total. The number of hydrogen-bond donors (Lipinski definition) is 2. The van der Waals surface area contributed by atoms with Crippen molar-refractivity contribution >= 4 is 11.9 Å². The van der Waals surface area contributed by atoms with Crippen LogP contribution in [-0.2, 0) is 11.0 Å². The maximum Gasteiger partial charge on any atom is 0.417 e. The van der Waals surface area contributed by atoms with Crippen LogP contribution in [0.5, 0.6) is 0 Å². The molecule has 1 saturated heterocycles. The van der Waals surface area contributed by atoms with Crippen molar-refractivity contribution in [2.24, 2.45) is 5.73 Å². The zero-order chi connectivity index (χ0) is 15.8. The number of halogens is 3. The largest absolute Gasteiger partial charge is 0.480 e. The summed E-state index contributed by atoms with van der Waals surface area (Å²) in [5.41, 5.74) is 2.96. The second-order valence-corrected chi connectivity index (χ2v) is 4.87. The first-order chi connectivity index (χ1) is 9.63. The third-order valence-corrected chi connectivity index (χ3v) is 3.32. The molecule has 1 aliphatic rings. The van der Waals surface area contributed by atoms with Gasteiger partial charge in [0.25, 0.3) is 5.91 Å². The predicted molar refractivity (Wildman–Crippen MR) is 64.3 cm³/mol. The number of nitrogens with zero attached hydrogens (tertiary/aromatic N) is 2. The van der Waals surface area contributed by atoms with Crippen LogP contribution in [0.3, 0.4) is 0 Å². The van der Waals surface area contributed by atoms with Crippen LogP contribution in [0.25, 0.3) is 0 Å². The second-order valence-electron chi connectivity index (χ2n) is 4.87. The Hall–Kier alpha value is -2.16. The van der Waals surface area contributed by atoms with Crippen molar-refractivity contribution < 1.29 is 27.9 Å². The topological polar surface area (TPSA) is 96.5 Å². The Kier molecular flexibility index (Phi) is 3.62. The summed E-state index contributed by atoms with van der Waals surface area (Å²) in [6.07, 6.45) is -3.89. The van der Waals surface area contributed by atoms with Crippen molar-refractivity contribution in [3.05, 3.63) is 29.6 Å². The molecule has 0 bridgehead atoms. The van der Waals surface area contributed by atoms with Gasteiger partial charge in [0.1, 0.15) is 11.2 Å². The number of aliphatic carboxylic acids is 1. The highest BCUT2D eigenvalue weighted by atomic mass is 19.4. The number of aromatic nitrogens is 1. The molecule has 0 aliphatic carbocycles. The Bertz CT molecular complexity index is 573. The summed E-state index contributed by atoms with van der Waals surface area (Å²) >= 11 is 0. The quantitative estimate of drug-likeness (QED) is 0.839. The molecule has 0 radical (unpaired) electrons. The first kappa shape index (κ1) is 15.2. The minimum Gasteiger partial charge on any atom is -0.480 e. The maximum atomic E-state index is 12.4. The van der Waals surface area contributed by atoms with E-state index in [-0.39, 0.29) is 25.2 Å². The summed E-state index contributed by atoms with van der Waals surface area (Å²) in [7, 11) is 0. The average molecular weight is 303 g/mol. The van der Waals surface area contributed by atoms with Crippen molar-refractivity contribution in [2.75, 3.05) is 13.1 Å². The number of nitrogens with two attached hydrogens (primary N) is 1. The molecule has 1 atom stereocenters. The minimum absolute atomic E-state index is 0.0781. The Morgan fingerprint density at radius 2 is 2.05 bits per heavy atom. The van der Waals surface area contributed by atoms with Crippen molar-refractivity contribution in [2.45, 2.75) is 18.1 Å². The number of alkyl halides is 3. The Labute approximate surface area is 117 Å². The molecule has 114 valence electrons. The third kappa shape index (κ3) is 2.97. The predicted octanol–water partition coefficient (Wildman–Crippen LogP) is 0.728. The van der Waals surface area contributed by atoms with E-state index in [9.17, 15) is 22.8 Å². The molecule has 0 saturated carbocycles. The molecule has 2 rings (SSSR count). The molecule has 3 N–H and O–H groups in total. The van der Waals surface area contributed by atoms with Crippen LogP contribution in [0.1, 0.15) is 22.5 Å². The molecule has 1 aromatic heterocycles. The van der Waals surface area contributed by atoms with E-state index >= 15 is 0 Å². The molecular formula is C12H12F3N3O3. The molecule has 1 unspecified atom stereocenters. The van der Waals surface area contributed by atoms with Crippen LogP contribution in [0.15, 0.2) is 18.3 Å². The number of amides is 1. The number of likely N-dealkylation sites (tertiary alicyclic amines) is 1. The Morgan fingerprint density at radius 1 is 1.38 bits per heavy atom. The average Bonchev–Trinajstić information content (AvgIpc) is 2.81. The van der Waals surface area contributed by atoms with Crippen molar-refractivity contribution in [3.63, 3.8) is 0 Å². The SMILES string of the molecule is NC1(C(=O)O)CCN(C(=O)c2ccc(C(F)(F)F)cn2)C1.